The van der Waals surface area contributed by atoms with Crippen LogP contribution in [0.2, 0.25) is 10.0 Å². The van der Waals surface area contributed by atoms with E-state index in [1.165, 1.54) is 0 Å². The summed E-state index contributed by atoms with van der Waals surface area (Å²) in [4.78, 5) is 11.7. The monoisotopic (exact) mass is 369 g/mol. The number of hydrogen-bond acceptors (Lipinski definition) is 3. The fourth-order valence-corrected chi connectivity index (χ4v) is 3.42. The molecular formula is C17H17Cl2NO2S. The number of thioether (sulfide) groups is 1. The maximum atomic E-state index is 11.7. The van der Waals surface area contributed by atoms with E-state index in [1.54, 1.807) is 11.8 Å². The molecule has 0 aromatic heterocycles. The fourth-order valence-electron chi connectivity index (χ4n) is 1.82. The van der Waals surface area contributed by atoms with Crippen LogP contribution in [0.4, 0.5) is 0 Å². The van der Waals surface area contributed by atoms with E-state index in [9.17, 15) is 4.79 Å². The molecule has 23 heavy (non-hydrogen) atoms. The van der Waals surface area contributed by atoms with Gasteiger partial charge >= 0.3 is 0 Å². The van der Waals surface area contributed by atoms with Crippen molar-refractivity contribution in [3.63, 3.8) is 0 Å². The molecule has 0 saturated carbocycles. The van der Waals surface area contributed by atoms with Crippen molar-refractivity contribution < 1.29 is 9.53 Å². The summed E-state index contributed by atoms with van der Waals surface area (Å²) in [5, 5.41) is 4.16. The van der Waals surface area contributed by atoms with Gasteiger partial charge in [0.1, 0.15) is 5.75 Å². The Kier molecular flexibility index (Phi) is 7.59. The van der Waals surface area contributed by atoms with Crippen LogP contribution in [0.1, 0.15) is 5.56 Å². The summed E-state index contributed by atoms with van der Waals surface area (Å²) in [6.07, 6.45) is 0. The molecule has 0 aliphatic rings. The van der Waals surface area contributed by atoms with E-state index in [1.807, 2.05) is 48.5 Å². The lowest BCUT2D eigenvalue weighted by molar-refractivity contribution is -0.122. The van der Waals surface area contributed by atoms with Gasteiger partial charge in [-0.15, -0.1) is 0 Å². The standard InChI is InChI=1S/C17H17Cl2NO2S/c18-15-7-4-8-16(19)14(15)12-23-10-9-20-17(21)11-22-13-5-2-1-3-6-13/h1-8H,9-12H2,(H,20,21). The van der Waals surface area contributed by atoms with Crippen molar-refractivity contribution in [3.05, 3.63) is 64.1 Å². The van der Waals surface area contributed by atoms with Crippen LogP contribution in [-0.4, -0.2) is 24.8 Å². The van der Waals surface area contributed by atoms with Crippen LogP contribution in [0, 0.1) is 0 Å². The fraction of sp³-hybridized carbons (Fsp3) is 0.235. The topological polar surface area (TPSA) is 38.3 Å². The van der Waals surface area contributed by atoms with E-state index >= 15 is 0 Å². The number of ether oxygens (including phenoxy) is 1. The van der Waals surface area contributed by atoms with Gasteiger partial charge in [0.2, 0.25) is 0 Å². The number of halogens is 2. The molecule has 0 heterocycles. The lowest BCUT2D eigenvalue weighted by Crippen LogP contribution is -2.30. The van der Waals surface area contributed by atoms with E-state index in [0.717, 1.165) is 17.1 Å². The second kappa shape index (κ2) is 9.71. The van der Waals surface area contributed by atoms with Crippen molar-refractivity contribution in [3.8, 4) is 5.75 Å². The summed E-state index contributed by atoms with van der Waals surface area (Å²) in [5.74, 6) is 2.05. The minimum absolute atomic E-state index is 0.0189. The SMILES string of the molecule is O=C(COc1ccccc1)NCCSCc1c(Cl)cccc1Cl. The Bertz CT molecular complexity index is 617. The summed E-state index contributed by atoms with van der Waals surface area (Å²) in [5.41, 5.74) is 0.930. The zero-order valence-corrected chi connectivity index (χ0v) is 14.8. The molecule has 0 atom stereocenters. The molecule has 0 aliphatic carbocycles. The maximum absolute atomic E-state index is 11.7. The maximum Gasteiger partial charge on any atom is 0.257 e. The van der Waals surface area contributed by atoms with E-state index in [-0.39, 0.29) is 12.5 Å². The summed E-state index contributed by atoms with van der Waals surface area (Å²) in [6, 6.07) is 14.7. The van der Waals surface area contributed by atoms with Crippen LogP contribution in [0.25, 0.3) is 0 Å². The van der Waals surface area contributed by atoms with Gasteiger partial charge in [0.15, 0.2) is 6.61 Å². The largest absolute Gasteiger partial charge is 0.484 e. The van der Waals surface area contributed by atoms with Crippen molar-refractivity contribution in [2.24, 2.45) is 0 Å². The smallest absolute Gasteiger partial charge is 0.257 e. The highest BCUT2D eigenvalue weighted by Gasteiger charge is 2.06. The van der Waals surface area contributed by atoms with E-state index in [0.29, 0.717) is 22.3 Å². The van der Waals surface area contributed by atoms with Gasteiger partial charge in [-0.2, -0.15) is 11.8 Å². The molecule has 1 amide bonds. The van der Waals surface area contributed by atoms with Gasteiger partial charge in [-0.1, -0.05) is 47.5 Å². The molecule has 0 bridgehead atoms. The van der Waals surface area contributed by atoms with Crippen molar-refractivity contribution in [1.82, 2.24) is 5.32 Å². The van der Waals surface area contributed by atoms with Crippen LogP contribution in [0.3, 0.4) is 0 Å². The molecule has 0 fully saturated rings. The predicted molar refractivity (Wildman–Crippen MR) is 97.6 cm³/mol. The summed E-state index contributed by atoms with van der Waals surface area (Å²) in [7, 11) is 0. The van der Waals surface area contributed by atoms with Crippen LogP contribution in [0.15, 0.2) is 48.5 Å². The first-order valence-electron chi connectivity index (χ1n) is 7.12. The number of para-hydroxylation sites is 1. The predicted octanol–water partition coefficient (Wildman–Crippen LogP) is 4.42. The third-order valence-corrected chi connectivity index (χ3v) is 4.68. The van der Waals surface area contributed by atoms with Gasteiger partial charge in [0.05, 0.1) is 0 Å². The van der Waals surface area contributed by atoms with E-state index in [4.69, 9.17) is 27.9 Å². The number of rotatable bonds is 8. The molecule has 0 spiro atoms. The van der Waals surface area contributed by atoms with Crippen LogP contribution >= 0.6 is 35.0 Å². The Morgan fingerprint density at radius 3 is 2.43 bits per heavy atom. The van der Waals surface area contributed by atoms with Crippen molar-refractivity contribution >= 4 is 40.9 Å². The van der Waals surface area contributed by atoms with Crippen molar-refractivity contribution in [2.75, 3.05) is 18.9 Å². The zero-order valence-electron chi connectivity index (χ0n) is 12.4. The second-order valence-corrected chi connectivity index (χ2v) is 6.62. The molecule has 2 aromatic rings. The molecule has 6 heteroatoms. The third-order valence-electron chi connectivity index (χ3n) is 2.99. The number of carbonyl (C=O) groups excluding carboxylic acids is 1. The van der Waals surface area contributed by atoms with Gasteiger partial charge in [-0.25, -0.2) is 0 Å². The average Bonchev–Trinajstić information content (AvgIpc) is 2.56. The van der Waals surface area contributed by atoms with Gasteiger partial charge in [0.25, 0.3) is 5.91 Å². The molecule has 0 radical (unpaired) electrons. The van der Waals surface area contributed by atoms with Gasteiger partial charge < -0.3 is 10.1 Å². The quantitative estimate of drug-likeness (QED) is 0.699. The summed E-state index contributed by atoms with van der Waals surface area (Å²) in [6.45, 7) is 0.592. The average molecular weight is 370 g/mol. The molecule has 0 aliphatic heterocycles. The minimum Gasteiger partial charge on any atom is -0.484 e. The molecule has 1 N–H and O–H groups in total. The first kappa shape index (κ1) is 18.0. The Hall–Kier alpha value is -1.36. The first-order valence-corrected chi connectivity index (χ1v) is 9.03. The summed E-state index contributed by atoms with van der Waals surface area (Å²) < 4.78 is 5.37. The molecule has 3 nitrogen and oxygen atoms in total. The number of benzene rings is 2. The molecule has 2 aromatic carbocycles. The molecule has 0 saturated heterocycles. The molecule has 2 rings (SSSR count). The van der Waals surface area contributed by atoms with Crippen molar-refractivity contribution in [2.45, 2.75) is 5.75 Å². The Balaban J connectivity index is 1.61. The van der Waals surface area contributed by atoms with Gasteiger partial charge in [0, 0.05) is 28.1 Å². The Labute approximate surface area is 150 Å². The molecule has 0 unspecified atom stereocenters. The first-order chi connectivity index (χ1) is 11.2. The number of hydrogen-bond donors (Lipinski definition) is 1. The highest BCUT2D eigenvalue weighted by Crippen LogP contribution is 2.27. The van der Waals surface area contributed by atoms with Crippen LogP contribution in [0.5, 0.6) is 5.75 Å². The molecular weight excluding hydrogens is 353 g/mol. The zero-order chi connectivity index (χ0) is 16.5. The normalized spacial score (nSPS) is 10.3. The number of nitrogens with one attached hydrogen (secondary N) is 1. The summed E-state index contributed by atoms with van der Waals surface area (Å²) >= 11 is 13.9. The van der Waals surface area contributed by atoms with E-state index in [2.05, 4.69) is 5.32 Å². The lowest BCUT2D eigenvalue weighted by atomic mass is 10.2. The van der Waals surface area contributed by atoms with Gasteiger partial charge in [-0.05, 0) is 29.8 Å². The third kappa shape index (κ3) is 6.34. The highest BCUT2D eigenvalue weighted by molar-refractivity contribution is 7.98. The second-order valence-electron chi connectivity index (χ2n) is 4.70. The number of amides is 1. The molecule has 122 valence electrons. The number of carbonyl (C=O) groups is 1. The van der Waals surface area contributed by atoms with E-state index < -0.39 is 0 Å². The minimum atomic E-state index is -0.134. The highest BCUT2D eigenvalue weighted by atomic mass is 35.5. The van der Waals surface area contributed by atoms with Crippen LogP contribution in [-0.2, 0) is 10.5 Å². The Morgan fingerprint density at radius 2 is 1.74 bits per heavy atom. The Morgan fingerprint density at radius 1 is 1.04 bits per heavy atom. The van der Waals surface area contributed by atoms with Crippen molar-refractivity contribution in [1.29, 1.82) is 0 Å². The van der Waals surface area contributed by atoms with Gasteiger partial charge in [-0.3, -0.25) is 4.79 Å². The lowest BCUT2D eigenvalue weighted by Gasteiger charge is -2.08. The van der Waals surface area contributed by atoms with Crippen LogP contribution < -0.4 is 10.1 Å².